The van der Waals surface area contributed by atoms with Crippen LogP contribution in [0.15, 0.2) is 24.3 Å². The molecule has 2 aliphatic carbocycles. The maximum absolute atomic E-state index is 13.8. The van der Waals surface area contributed by atoms with Crippen LogP contribution < -0.4 is 5.32 Å². The lowest BCUT2D eigenvalue weighted by Crippen LogP contribution is -2.47. The molecule has 4 nitrogen and oxygen atoms in total. The van der Waals surface area contributed by atoms with Crippen molar-refractivity contribution in [2.45, 2.75) is 56.0 Å². The Morgan fingerprint density at radius 1 is 1.15 bits per heavy atom. The van der Waals surface area contributed by atoms with Crippen molar-refractivity contribution in [3.05, 3.63) is 35.4 Å². The molecule has 0 aromatic heterocycles. The highest BCUT2D eigenvalue weighted by Crippen LogP contribution is 2.51. The normalized spacial score (nSPS) is 34.8. The van der Waals surface area contributed by atoms with Gasteiger partial charge in [0.05, 0.1) is 0 Å². The number of alkyl halides is 2. The lowest BCUT2D eigenvalue weighted by molar-refractivity contribution is -0.167. The molecule has 27 heavy (non-hydrogen) atoms. The summed E-state index contributed by atoms with van der Waals surface area (Å²) < 4.78 is 27.7. The van der Waals surface area contributed by atoms with Crippen LogP contribution in [0.4, 0.5) is 8.78 Å². The summed E-state index contributed by atoms with van der Waals surface area (Å²) in [7, 11) is 0. The van der Waals surface area contributed by atoms with Gasteiger partial charge in [-0.3, -0.25) is 0 Å². The molecule has 6 heteroatoms. The number of fused-ring (bicyclic) bond motifs is 2. The Morgan fingerprint density at radius 2 is 1.81 bits per heavy atom. The van der Waals surface area contributed by atoms with E-state index in [9.17, 15) is 23.8 Å². The first kappa shape index (κ1) is 18.8. The van der Waals surface area contributed by atoms with Crippen molar-refractivity contribution in [1.29, 1.82) is 0 Å². The first-order valence-corrected chi connectivity index (χ1v) is 9.96. The van der Waals surface area contributed by atoms with Crippen molar-refractivity contribution in [3.63, 3.8) is 0 Å². The quantitative estimate of drug-likeness (QED) is 0.749. The molecule has 148 valence electrons. The molecular weight excluding hydrogens is 352 g/mol. The van der Waals surface area contributed by atoms with Crippen LogP contribution >= 0.6 is 0 Å². The summed E-state index contributed by atoms with van der Waals surface area (Å²) in [5.74, 6) is -4.36. The number of hydrogen-bond acceptors (Lipinski definition) is 3. The SMILES string of the molecule is O=C(O)[C@](O)(c1ccccc1C1C2CCCC1CNC2)[C@@H]1CCC(F)(F)C1. The summed E-state index contributed by atoms with van der Waals surface area (Å²) in [5.41, 5.74) is -1.10. The Balaban J connectivity index is 1.78. The highest BCUT2D eigenvalue weighted by molar-refractivity contribution is 5.80. The summed E-state index contributed by atoms with van der Waals surface area (Å²) in [5, 5.41) is 24.7. The molecule has 0 spiro atoms. The first-order chi connectivity index (χ1) is 12.8. The second-order valence-corrected chi connectivity index (χ2v) is 8.59. The van der Waals surface area contributed by atoms with Crippen molar-refractivity contribution in [2.75, 3.05) is 13.1 Å². The van der Waals surface area contributed by atoms with Gasteiger partial charge in [0, 0.05) is 18.8 Å². The minimum atomic E-state index is -2.91. The lowest BCUT2D eigenvalue weighted by Gasteiger charge is -2.45. The third-order valence-electron chi connectivity index (χ3n) is 7.03. The molecule has 2 bridgehead atoms. The van der Waals surface area contributed by atoms with Crippen LogP contribution in [0.25, 0.3) is 0 Å². The summed E-state index contributed by atoms with van der Waals surface area (Å²) in [6.07, 6.45) is 2.36. The number of aliphatic hydroxyl groups is 1. The molecule has 1 heterocycles. The fraction of sp³-hybridized carbons (Fsp3) is 0.667. The van der Waals surface area contributed by atoms with Crippen LogP contribution in [-0.4, -0.2) is 35.2 Å². The molecule has 1 aromatic rings. The lowest BCUT2D eigenvalue weighted by atomic mass is 9.64. The van der Waals surface area contributed by atoms with E-state index < -0.39 is 29.8 Å². The van der Waals surface area contributed by atoms with Gasteiger partial charge in [-0.25, -0.2) is 13.6 Å². The van der Waals surface area contributed by atoms with Crippen molar-refractivity contribution < 1.29 is 23.8 Å². The van der Waals surface area contributed by atoms with E-state index in [-0.39, 0.29) is 18.8 Å². The van der Waals surface area contributed by atoms with Crippen molar-refractivity contribution >= 4 is 5.97 Å². The molecule has 0 radical (unpaired) electrons. The van der Waals surface area contributed by atoms with Gasteiger partial charge in [0.1, 0.15) is 0 Å². The average Bonchev–Trinajstić information content (AvgIpc) is 3.00. The van der Waals surface area contributed by atoms with Gasteiger partial charge in [0.25, 0.3) is 0 Å². The van der Waals surface area contributed by atoms with Crippen molar-refractivity contribution in [2.24, 2.45) is 17.8 Å². The zero-order valence-corrected chi connectivity index (χ0v) is 15.3. The minimum Gasteiger partial charge on any atom is -0.479 e. The second-order valence-electron chi connectivity index (χ2n) is 8.59. The van der Waals surface area contributed by atoms with E-state index in [1.807, 2.05) is 12.1 Å². The van der Waals surface area contributed by atoms with Crippen LogP contribution in [0.5, 0.6) is 0 Å². The number of carboxylic acids is 1. The Hall–Kier alpha value is -1.53. The van der Waals surface area contributed by atoms with Crippen LogP contribution in [0.2, 0.25) is 0 Å². The van der Waals surface area contributed by atoms with Gasteiger partial charge >= 0.3 is 5.97 Å². The van der Waals surface area contributed by atoms with E-state index >= 15 is 0 Å². The number of benzene rings is 1. The van der Waals surface area contributed by atoms with Gasteiger partial charge < -0.3 is 15.5 Å². The molecule has 1 aliphatic heterocycles. The van der Waals surface area contributed by atoms with E-state index in [1.165, 1.54) is 0 Å². The number of aliphatic carboxylic acids is 1. The maximum atomic E-state index is 13.8. The number of carboxylic acid groups (broad SMARTS) is 1. The Morgan fingerprint density at radius 3 is 2.41 bits per heavy atom. The monoisotopic (exact) mass is 379 g/mol. The van der Waals surface area contributed by atoms with E-state index in [0.717, 1.165) is 37.9 Å². The Bertz CT molecular complexity index is 703. The second kappa shape index (κ2) is 6.82. The number of piperidine rings is 1. The van der Waals surface area contributed by atoms with Gasteiger partial charge in [-0.1, -0.05) is 30.7 Å². The Kier molecular flexibility index (Phi) is 4.75. The molecule has 1 aromatic carbocycles. The predicted octanol–water partition coefficient (Wildman–Crippen LogP) is 3.50. The molecular formula is C21H27F2NO3. The zero-order valence-electron chi connectivity index (χ0n) is 15.3. The van der Waals surface area contributed by atoms with Crippen molar-refractivity contribution in [1.82, 2.24) is 5.32 Å². The summed E-state index contributed by atoms with van der Waals surface area (Å²) in [4.78, 5) is 12.2. The largest absolute Gasteiger partial charge is 0.479 e. The van der Waals surface area contributed by atoms with Gasteiger partial charge in [0.2, 0.25) is 5.92 Å². The summed E-state index contributed by atoms with van der Waals surface area (Å²) >= 11 is 0. The molecule has 1 saturated heterocycles. The summed E-state index contributed by atoms with van der Waals surface area (Å²) in [6.45, 7) is 1.75. The van der Waals surface area contributed by atoms with E-state index in [2.05, 4.69) is 5.32 Å². The fourth-order valence-corrected chi connectivity index (χ4v) is 5.76. The average molecular weight is 379 g/mol. The highest BCUT2D eigenvalue weighted by Gasteiger charge is 2.55. The number of halogens is 2. The number of hydrogen-bond donors (Lipinski definition) is 3. The molecule has 3 aliphatic rings. The van der Waals surface area contributed by atoms with Gasteiger partial charge in [-0.15, -0.1) is 0 Å². The highest BCUT2D eigenvalue weighted by atomic mass is 19.3. The molecule has 3 fully saturated rings. The Labute approximate surface area is 158 Å². The first-order valence-electron chi connectivity index (χ1n) is 9.96. The number of carbonyl (C=O) groups is 1. The summed E-state index contributed by atoms with van der Waals surface area (Å²) in [6, 6.07) is 7.11. The standard InChI is InChI=1S/C21H27F2NO3/c22-20(23)9-8-15(10-20)21(27,19(25)26)17-7-2-1-6-16(17)18-13-4-3-5-14(18)12-24-11-13/h1-2,6-7,13-15,18,24,27H,3-5,8-12H2,(H,25,26)/t13?,14?,15-,18?,21-/m1/s1. The van der Waals surface area contributed by atoms with Gasteiger partial charge in [-0.2, -0.15) is 0 Å². The number of nitrogens with one attached hydrogen (secondary N) is 1. The molecule has 0 amide bonds. The van der Waals surface area contributed by atoms with Crippen LogP contribution in [0.1, 0.15) is 55.6 Å². The molecule has 2 unspecified atom stereocenters. The zero-order chi connectivity index (χ0) is 19.2. The topological polar surface area (TPSA) is 69.6 Å². The molecule has 4 rings (SSSR count). The van der Waals surface area contributed by atoms with Crippen molar-refractivity contribution in [3.8, 4) is 0 Å². The number of rotatable bonds is 4. The molecule has 4 atom stereocenters. The molecule has 3 N–H and O–H groups in total. The third kappa shape index (κ3) is 3.17. The third-order valence-corrected chi connectivity index (χ3v) is 7.03. The minimum absolute atomic E-state index is 0.0171. The van der Waals surface area contributed by atoms with Crippen LogP contribution in [-0.2, 0) is 10.4 Å². The van der Waals surface area contributed by atoms with Gasteiger partial charge in [0.15, 0.2) is 5.60 Å². The van der Waals surface area contributed by atoms with Crippen LogP contribution in [0, 0.1) is 17.8 Å². The van der Waals surface area contributed by atoms with E-state index in [4.69, 9.17) is 0 Å². The van der Waals surface area contributed by atoms with E-state index in [0.29, 0.717) is 17.4 Å². The molecule has 2 saturated carbocycles. The predicted molar refractivity (Wildman–Crippen MR) is 96.7 cm³/mol. The van der Waals surface area contributed by atoms with Gasteiger partial charge in [-0.05, 0) is 61.2 Å². The van der Waals surface area contributed by atoms with Crippen LogP contribution in [0.3, 0.4) is 0 Å². The smallest absolute Gasteiger partial charge is 0.340 e. The van der Waals surface area contributed by atoms with E-state index in [1.54, 1.807) is 12.1 Å². The maximum Gasteiger partial charge on any atom is 0.340 e. The fourth-order valence-electron chi connectivity index (χ4n) is 5.76.